The number of aryl methyl sites for hydroxylation is 2. The minimum atomic E-state index is -3.75. The summed E-state index contributed by atoms with van der Waals surface area (Å²) in [4.78, 5) is 14.3. The molecule has 0 amide bonds. The lowest BCUT2D eigenvalue weighted by Gasteiger charge is -2.07. The van der Waals surface area contributed by atoms with E-state index in [1.54, 1.807) is 19.2 Å². The molecular weight excluding hydrogens is 338 g/mol. The van der Waals surface area contributed by atoms with Crippen molar-refractivity contribution < 1.29 is 8.42 Å². The predicted molar refractivity (Wildman–Crippen MR) is 98.3 cm³/mol. The van der Waals surface area contributed by atoms with Crippen LogP contribution in [0.25, 0.3) is 10.9 Å². The Morgan fingerprint density at radius 1 is 1.08 bits per heavy atom. The van der Waals surface area contributed by atoms with E-state index in [1.807, 2.05) is 31.2 Å². The van der Waals surface area contributed by atoms with E-state index in [0.29, 0.717) is 5.56 Å². The Balaban J connectivity index is 1.93. The molecule has 3 rings (SSSR count). The Morgan fingerprint density at radius 2 is 1.76 bits per heavy atom. The quantitative estimate of drug-likeness (QED) is 0.575. The Kier molecular flexibility index (Phi) is 4.41. The third-order valence-corrected chi connectivity index (χ3v) is 5.13. The van der Waals surface area contributed by atoms with Crippen LogP contribution < -0.4 is 10.4 Å². The largest absolute Gasteiger partial charge is 0.311 e. The van der Waals surface area contributed by atoms with Crippen molar-refractivity contribution in [3.8, 4) is 0 Å². The van der Waals surface area contributed by atoms with Crippen LogP contribution >= 0.6 is 0 Å². The number of hydrogen-bond acceptors (Lipinski definition) is 4. The first kappa shape index (κ1) is 16.9. The fraction of sp³-hybridized carbons (Fsp3) is 0.111. The molecule has 0 aliphatic carbocycles. The van der Waals surface area contributed by atoms with Crippen molar-refractivity contribution in [1.82, 2.24) is 9.40 Å². The summed E-state index contributed by atoms with van der Waals surface area (Å²) in [6.07, 6.45) is 1.34. The van der Waals surface area contributed by atoms with Crippen LogP contribution in [0.2, 0.25) is 0 Å². The van der Waals surface area contributed by atoms with Gasteiger partial charge in [-0.2, -0.15) is 13.5 Å². The van der Waals surface area contributed by atoms with Gasteiger partial charge in [-0.25, -0.2) is 4.83 Å². The van der Waals surface area contributed by atoms with Gasteiger partial charge in [0.2, 0.25) is 0 Å². The molecule has 0 spiro atoms. The van der Waals surface area contributed by atoms with Crippen molar-refractivity contribution in [3.63, 3.8) is 0 Å². The lowest BCUT2D eigenvalue weighted by molar-refractivity contribution is 0.584. The topological polar surface area (TPSA) is 80.5 Å². The fourth-order valence-corrected chi connectivity index (χ4v) is 3.27. The van der Waals surface area contributed by atoms with Crippen LogP contribution in [0.5, 0.6) is 0 Å². The number of para-hydroxylation sites is 1. The number of nitrogens with one attached hydrogen (secondary N) is 1. The second kappa shape index (κ2) is 6.52. The molecule has 2 aromatic carbocycles. The van der Waals surface area contributed by atoms with Crippen LogP contribution in [0.3, 0.4) is 0 Å². The Hall–Kier alpha value is -2.93. The standard InChI is InChI=1S/C18H17N3O3S/c1-13-7-9-15(10-8-13)25(23,24)20-19-12-14-11-18(22)21(2)17-6-4-3-5-16(14)17/h3-12,20H,1-2H3/b19-12+. The number of pyridine rings is 1. The highest BCUT2D eigenvalue weighted by atomic mass is 32.2. The molecule has 0 unspecified atom stereocenters. The second-order valence-electron chi connectivity index (χ2n) is 5.68. The maximum absolute atomic E-state index is 12.2. The Labute approximate surface area is 145 Å². The molecule has 0 bridgehead atoms. The highest BCUT2D eigenvalue weighted by Gasteiger charge is 2.12. The van der Waals surface area contributed by atoms with E-state index in [1.165, 1.54) is 29.0 Å². The van der Waals surface area contributed by atoms with Crippen LogP contribution in [0, 0.1) is 6.92 Å². The summed E-state index contributed by atoms with van der Waals surface area (Å²) in [5, 5.41) is 4.63. The third kappa shape index (κ3) is 3.46. The smallest absolute Gasteiger partial charge is 0.276 e. The van der Waals surface area contributed by atoms with E-state index >= 15 is 0 Å². The molecule has 0 aliphatic rings. The van der Waals surface area contributed by atoms with Gasteiger partial charge in [-0.1, -0.05) is 35.9 Å². The molecule has 0 atom stereocenters. The van der Waals surface area contributed by atoms with E-state index in [9.17, 15) is 13.2 Å². The van der Waals surface area contributed by atoms with Crippen LogP contribution in [0.15, 0.2) is 69.4 Å². The number of sulfonamides is 1. The summed E-state index contributed by atoms with van der Waals surface area (Å²) >= 11 is 0. The van der Waals surface area contributed by atoms with Crippen molar-refractivity contribution in [2.24, 2.45) is 12.1 Å². The van der Waals surface area contributed by atoms with Gasteiger partial charge in [0, 0.05) is 24.1 Å². The summed E-state index contributed by atoms with van der Waals surface area (Å²) in [6.45, 7) is 1.88. The normalized spacial score (nSPS) is 11.9. The summed E-state index contributed by atoms with van der Waals surface area (Å²) in [5.41, 5.74) is 2.07. The third-order valence-electron chi connectivity index (χ3n) is 3.89. The molecule has 6 nitrogen and oxygen atoms in total. The fourth-order valence-electron chi connectivity index (χ4n) is 2.48. The summed E-state index contributed by atoms with van der Waals surface area (Å²) in [7, 11) is -2.06. The molecule has 0 aliphatic heterocycles. The summed E-state index contributed by atoms with van der Waals surface area (Å²) < 4.78 is 26.0. The first-order valence-corrected chi connectivity index (χ1v) is 9.07. The monoisotopic (exact) mass is 355 g/mol. The molecule has 0 radical (unpaired) electrons. The van der Waals surface area contributed by atoms with E-state index in [0.717, 1.165) is 16.5 Å². The molecule has 128 valence electrons. The molecule has 1 N–H and O–H groups in total. The number of hydrazone groups is 1. The summed E-state index contributed by atoms with van der Waals surface area (Å²) in [6, 6.07) is 15.2. The molecule has 1 heterocycles. The first-order valence-electron chi connectivity index (χ1n) is 7.59. The first-order chi connectivity index (χ1) is 11.9. The maximum Gasteiger partial charge on any atom is 0.276 e. The van der Waals surface area contributed by atoms with Crippen molar-refractivity contribution in [1.29, 1.82) is 0 Å². The van der Waals surface area contributed by atoms with E-state index in [2.05, 4.69) is 9.93 Å². The second-order valence-corrected chi connectivity index (χ2v) is 7.34. The van der Waals surface area contributed by atoms with Gasteiger partial charge < -0.3 is 4.57 Å². The SMILES string of the molecule is Cc1ccc(S(=O)(=O)N/N=C/c2cc(=O)n(C)c3ccccc23)cc1. The summed E-state index contributed by atoms with van der Waals surface area (Å²) in [5.74, 6) is 0. The van der Waals surface area contributed by atoms with Crippen molar-refractivity contribution >= 4 is 27.1 Å². The van der Waals surface area contributed by atoms with Crippen molar-refractivity contribution in [3.05, 3.63) is 76.1 Å². The van der Waals surface area contributed by atoms with Gasteiger partial charge in [0.15, 0.2) is 0 Å². The van der Waals surface area contributed by atoms with Crippen LogP contribution in [0.4, 0.5) is 0 Å². The molecular formula is C18H17N3O3S. The van der Waals surface area contributed by atoms with Crippen LogP contribution in [0.1, 0.15) is 11.1 Å². The van der Waals surface area contributed by atoms with Gasteiger partial charge >= 0.3 is 0 Å². The van der Waals surface area contributed by atoms with Crippen molar-refractivity contribution in [2.45, 2.75) is 11.8 Å². The van der Waals surface area contributed by atoms with E-state index in [4.69, 9.17) is 0 Å². The number of rotatable bonds is 4. The zero-order valence-electron chi connectivity index (χ0n) is 13.8. The molecule has 25 heavy (non-hydrogen) atoms. The van der Waals surface area contributed by atoms with Gasteiger partial charge in [-0.15, -0.1) is 0 Å². The lowest BCUT2D eigenvalue weighted by atomic mass is 10.1. The van der Waals surface area contributed by atoms with Gasteiger partial charge in [-0.05, 0) is 25.1 Å². The molecule has 0 fully saturated rings. The van der Waals surface area contributed by atoms with E-state index < -0.39 is 10.0 Å². The average molecular weight is 355 g/mol. The zero-order chi connectivity index (χ0) is 18.0. The van der Waals surface area contributed by atoms with Gasteiger partial charge in [-0.3, -0.25) is 4.79 Å². The number of aromatic nitrogens is 1. The van der Waals surface area contributed by atoms with Gasteiger partial charge in [0.05, 0.1) is 16.6 Å². The number of nitrogens with zero attached hydrogens (tertiary/aromatic N) is 2. The Bertz CT molecular complexity index is 1110. The van der Waals surface area contributed by atoms with Gasteiger partial charge in [0.25, 0.3) is 15.6 Å². The minimum Gasteiger partial charge on any atom is -0.311 e. The van der Waals surface area contributed by atoms with Crippen molar-refractivity contribution in [2.75, 3.05) is 0 Å². The number of hydrogen-bond donors (Lipinski definition) is 1. The molecule has 1 aromatic heterocycles. The highest BCUT2D eigenvalue weighted by molar-refractivity contribution is 7.89. The molecule has 0 saturated heterocycles. The van der Waals surface area contributed by atoms with E-state index in [-0.39, 0.29) is 10.5 Å². The minimum absolute atomic E-state index is 0.129. The van der Waals surface area contributed by atoms with Gasteiger partial charge in [0.1, 0.15) is 0 Å². The highest BCUT2D eigenvalue weighted by Crippen LogP contribution is 2.15. The average Bonchev–Trinajstić information content (AvgIpc) is 2.59. The molecule has 0 saturated carbocycles. The Morgan fingerprint density at radius 3 is 2.48 bits per heavy atom. The molecule has 7 heteroatoms. The maximum atomic E-state index is 12.2. The van der Waals surface area contributed by atoms with Crippen LogP contribution in [-0.4, -0.2) is 19.2 Å². The number of benzene rings is 2. The number of fused-ring (bicyclic) bond motifs is 1. The van der Waals surface area contributed by atoms with Crippen LogP contribution in [-0.2, 0) is 17.1 Å². The lowest BCUT2D eigenvalue weighted by Crippen LogP contribution is -2.19. The zero-order valence-corrected chi connectivity index (χ0v) is 14.6. The predicted octanol–water partition coefficient (Wildman–Crippen LogP) is 2.16. The molecule has 3 aromatic rings.